The molecule has 0 saturated carbocycles. The van der Waals surface area contributed by atoms with E-state index < -0.39 is 0 Å². The summed E-state index contributed by atoms with van der Waals surface area (Å²) in [5, 5.41) is 3.20. The lowest BCUT2D eigenvalue weighted by atomic mass is 10.2. The molecule has 0 aromatic heterocycles. The maximum atomic E-state index is 13.0. The third kappa shape index (κ3) is 4.32. The summed E-state index contributed by atoms with van der Waals surface area (Å²) in [5.41, 5.74) is 2.18. The highest BCUT2D eigenvalue weighted by atomic mass is 19.1. The second kappa shape index (κ2) is 7.93. The molecule has 1 amide bonds. The van der Waals surface area contributed by atoms with Crippen LogP contribution in [-0.4, -0.2) is 43.5 Å². The van der Waals surface area contributed by atoms with Crippen molar-refractivity contribution in [1.29, 1.82) is 0 Å². The van der Waals surface area contributed by atoms with Crippen molar-refractivity contribution in [2.45, 2.75) is 6.54 Å². The lowest BCUT2D eigenvalue weighted by Crippen LogP contribution is -2.50. The van der Waals surface area contributed by atoms with Gasteiger partial charge in [-0.3, -0.25) is 4.79 Å². The van der Waals surface area contributed by atoms with Gasteiger partial charge in [-0.15, -0.1) is 0 Å². The first-order chi connectivity index (χ1) is 11.7. The van der Waals surface area contributed by atoms with Gasteiger partial charge in [-0.25, -0.2) is 4.39 Å². The normalized spacial score (nSPS) is 14.7. The second-order valence-electron chi connectivity index (χ2n) is 5.93. The van der Waals surface area contributed by atoms with Gasteiger partial charge in [0.25, 0.3) is 0 Å². The standard InChI is InChI=1S/C19H22FN3O/c20-17-6-8-18(9-7-17)22-10-12-23(13-11-22)19(24)15-21-14-16-4-2-1-3-5-16/h1-9,21H,10-15H2. The van der Waals surface area contributed by atoms with Gasteiger partial charge < -0.3 is 15.1 Å². The summed E-state index contributed by atoms with van der Waals surface area (Å²) in [4.78, 5) is 16.3. The summed E-state index contributed by atoms with van der Waals surface area (Å²) >= 11 is 0. The van der Waals surface area contributed by atoms with E-state index in [1.54, 1.807) is 12.1 Å². The van der Waals surface area contributed by atoms with Gasteiger partial charge >= 0.3 is 0 Å². The van der Waals surface area contributed by atoms with Crippen molar-refractivity contribution in [3.8, 4) is 0 Å². The monoisotopic (exact) mass is 327 g/mol. The highest BCUT2D eigenvalue weighted by Crippen LogP contribution is 2.16. The fourth-order valence-electron chi connectivity index (χ4n) is 2.89. The number of carbonyl (C=O) groups is 1. The minimum absolute atomic E-state index is 0.129. The lowest BCUT2D eigenvalue weighted by molar-refractivity contribution is -0.130. The van der Waals surface area contributed by atoms with Crippen LogP contribution in [0.15, 0.2) is 54.6 Å². The molecule has 126 valence electrons. The molecule has 0 aliphatic carbocycles. The predicted octanol–water partition coefficient (Wildman–Crippen LogP) is 2.26. The molecule has 1 heterocycles. The minimum Gasteiger partial charge on any atom is -0.368 e. The maximum absolute atomic E-state index is 13.0. The van der Waals surface area contributed by atoms with Gasteiger partial charge in [0.15, 0.2) is 0 Å². The number of amides is 1. The first-order valence-electron chi connectivity index (χ1n) is 8.25. The SMILES string of the molecule is O=C(CNCc1ccccc1)N1CCN(c2ccc(F)cc2)CC1. The molecule has 2 aromatic rings. The molecule has 5 heteroatoms. The van der Waals surface area contributed by atoms with E-state index in [-0.39, 0.29) is 11.7 Å². The Morgan fingerprint density at radius 2 is 1.62 bits per heavy atom. The van der Waals surface area contributed by atoms with Gasteiger partial charge in [0.05, 0.1) is 6.54 Å². The Bertz CT molecular complexity index is 652. The molecule has 2 aromatic carbocycles. The Labute approximate surface area is 141 Å². The molecule has 3 rings (SSSR count). The summed E-state index contributed by atoms with van der Waals surface area (Å²) < 4.78 is 13.0. The zero-order chi connectivity index (χ0) is 16.8. The van der Waals surface area contributed by atoms with Crippen molar-refractivity contribution in [2.75, 3.05) is 37.6 Å². The van der Waals surface area contributed by atoms with Gasteiger partial charge in [-0.05, 0) is 29.8 Å². The van der Waals surface area contributed by atoms with Crippen molar-refractivity contribution >= 4 is 11.6 Å². The number of halogens is 1. The Morgan fingerprint density at radius 1 is 0.958 bits per heavy atom. The molecular formula is C19H22FN3O. The van der Waals surface area contributed by atoms with Crippen LogP contribution in [0, 0.1) is 5.82 Å². The Hall–Kier alpha value is -2.40. The van der Waals surface area contributed by atoms with E-state index >= 15 is 0 Å². The van der Waals surface area contributed by atoms with Crippen molar-refractivity contribution in [1.82, 2.24) is 10.2 Å². The Morgan fingerprint density at radius 3 is 2.29 bits per heavy atom. The van der Waals surface area contributed by atoms with Crippen molar-refractivity contribution in [3.05, 3.63) is 66.0 Å². The van der Waals surface area contributed by atoms with E-state index in [1.807, 2.05) is 35.2 Å². The molecule has 1 N–H and O–H groups in total. The van der Waals surface area contributed by atoms with Crippen LogP contribution >= 0.6 is 0 Å². The molecule has 0 atom stereocenters. The Kier molecular flexibility index (Phi) is 5.43. The summed E-state index contributed by atoms with van der Waals surface area (Å²) in [7, 11) is 0. The number of benzene rings is 2. The van der Waals surface area contributed by atoms with E-state index in [0.717, 1.165) is 18.8 Å². The number of nitrogens with zero attached hydrogens (tertiary/aromatic N) is 2. The van der Waals surface area contributed by atoms with Gasteiger partial charge in [0.1, 0.15) is 5.82 Å². The van der Waals surface area contributed by atoms with E-state index in [0.29, 0.717) is 26.2 Å². The molecule has 0 radical (unpaired) electrons. The maximum Gasteiger partial charge on any atom is 0.236 e. The minimum atomic E-state index is -0.225. The number of rotatable bonds is 5. The Balaban J connectivity index is 1.42. The third-order valence-corrected chi connectivity index (χ3v) is 4.27. The molecule has 1 aliphatic rings. The number of hydrogen-bond donors (Lipinski definition) is 1. The van der Waals surface area contributed by atoms with Crippen LogP contribution in [0.2, 0.25) is 0 Å². The summed E-state index contributed by atoms with van der Waals surface area (Å²) in [6, 6.07) is 16.6. The number of piperazine rings is 1. The molecule has 4 nitrogen and oxygen atoms in total. The van der Waals surface area contributed by atoms with E-state index in [4.69, 9.17) is 0 Å². The molecule has 24 heavy (non-hydrogen) atoms. The van der Waals surface area contributed by atoms with Gasteiger partial charge in [-0.1, -0.05) is 30.3 Å². The zero-order valence-electron chi connectivity index (χ0n) is 13.6. The average Bonchev–Trinajstić information content (AvgIpc) is 2.63. The number of nitrogens with one attached hydrogen (secondary N) is 1. The van der Waals surface area contributed by atoms with Gasteiger partial charge in [0, 0.05) is 38.4 Å². The van der Waals surface area contributed by atoms with Crippen molar-refractivity contribution in [2.24, 2.45) is 0 Å². The molecule has 0 bridgehead atoms. The fourth-order valence-corrected chi connectivity index (χ4v) is 2.89. The summed E-state index contributed by atoms with van der Waals surface area (Å²) in [6.07, 6.45) is 0. The topological polar surface area (TPSA) is 35.6 Å². The summed E-state index contributed by atoms with van der Waals surface area (Å²) in [6.45, 7) is 3.99. The second-order valence-corrected chi connectivity index (χ2v) is 5.93. The van der Waals surface area contributed by atoms with Gasteiger partial charge in [-0.2, -0.15) is 0 Å². The smallest absolute Gasteiger partial charge is 0.236 e. The van der Waals surface area contributed by atoms with Crippen LogP contribution in [0.3, 0.4) is 0 Å². The van der Waals surface area contributed by atoms with Crippen molar-refractivity contribution < 1.29 is 9.18 Å². The predicted molar refractivity (Wildman–Crippen MR) is 93.3 cm³/mol. The number of carbonyl (C=O) groups excluding carboxylic acids is 1. The van der Waals surface area contributed by atoms with Crippen LogP contribution in [0.1, 0.15) is 5.56 Å². The largest absolute Gasteiger partial charge is 0.368 e. The van der Waals surface area contributed by atoms with E-state index in [9.17, 15) is 9.18 Å². The zero-order valence-corrected chi connectivity index (χ0v) is 13.6. The van der Waals surface area contributed by atoms with Crippen LogP contribution < -0.4 is 10.2 Å². The van der Waals surface area contributed by atoms with Crippen LogP contribution in [-0.2, 0) is 11.3 Å². The first kappa shape index (κ1) is 16.5. The number of hydrogen-bond acceptors (Lipinski definition) is 3. The molecule has 1 fully saturated rings. The first-order valence-corrected chi connectivity index (χ1v) is 8.25. The van der Waals surface area contributed by atoms with E-state index in [1.165, 1.54) is 17.7 Å². The fraction of sp³-hybridized carbons (Fsp3) is 0.316. The average molecular weight is 327 g/mol. The molecule has 1 saturated heterocycles. The summed E-state index contributed by atoms with van der Waals surface area (Å²) in [5.74, 6) is -0.0956. The molecule has 0 unspecified atom stereocenters. The lowest BCUT2D eigenvalue weighted by Gasteiger charge is -2.36. The van der Waals surface area contributed by atoms with Crippen LogP contribution in [0.5, 0.6) is 0 Å². The highest BCUT2D eigenvalue weighted by Gasteiger charge is 2.20. The highest BCUT2D eigenvalue weighted by molar-refractivity contribution is 5.78. The van der Waals surface area contributed by atoms with Crippen LogP contribution in [0.4, 0.5) is 10.1 Å². The molecular weight excluding hydrogens is 305 g/mol. The molecule has 0 spiro atoms. The van der Waals surface area contributed by atoms with Crippen molar-refractivity contribution in [3.63, 3.8) is 0 Å². The van der Waals surface area contributed by atoms with Crippen LogP contribution in [0.25, 0.3) is 0 Å². The third-order valence-electron chi connectivity index (χ3n) is 4.27. The quantitative estimate of drug-likeness (QED) is 0.915. The van der Waals surface area contributed by atoms with E-state index in [2.05, 4.69) is 10.2 Å². The molecule has 1 aliphatic heterocycles. The number of anilines is 1. The van der Waals surface area contributed by atoms with Gasteiger partial charge in [0.2, 0.25) is 5.91 Å².